The molecule has 1 aliphatic rings. The third-order valence-electron chi connectivity index (χ3n) is 4.81. The second kappa shape index (κ2) is 8.30. The van der Waals surface area contributed by atoms with E-state index in [1.165, 1.54) is 5.56 Å². The van der Waals surface area contributed by atoms with Crippen molar-refractivity contribution < 1.29 is 20.1 Å². The summed E-state index contributed by atoms with van der Waals surface area (Å²) in [6, 6.07) is 10.1. The van der Waals surface area contributed by atoms with Crippen LogP contribution >= 0.6 is 0 Å². The van der Waals surface area contributed by atoms with Crippen molar-refractivity contribution in [3.05, 3.63) is 35.9 Å². The second-order valence-electron chi connectivity index (χ2n) is 6.42. The first-order valence-electron chi connectivity index (χ1n) is 8.18. The summed E-state index contributed by atoms with van der Waals surface area (Å²) in [6.45, 7) is 0. The molecule has 0 bridgehead atoms. The molecule has 22 heavy (non-hydrogen) atoms. The largest absolute Gasteiger partial charge is 0.481 e. The van der Waals surface area contributed by atoms with Crippen LogP contribution in [0.25, 0.3) is 0 Å². The van der Waals surface area contributed by atoms with Crippen molar-refractivity contribution in [1.29, 1.82) is 0 Å². The molecule has 1 fully saturated rings. The van der Waals surface area contributed by atoms with Crippen LogP contribution in [0, 0.1) is 11.8 Å². The highest BCUT2D eigenvalue weighted by Gasteiger charge is 2.35. The van der Waals surface area contributed by atoms with Crippen molar-refractivity contribution in [1.82, 2.24) is 0 Å². The predicted molar refractivity (Wildman–Crippen MR) is 84.5 cm³/mol. The molecule has 4 heteroatoms. The molecular weight excluding hydrogens is 280 g/mol. The highest BCUT2D eigenvalue weighted by atomic mass is 16.4. The lowest BCUT2D eigenvalue weighted by molar-refractivity contribution is -0.138. The predicted octanol–water partition coefficient (Wildman–Crippen LogP) is 2.62. The van der Waals surface area contributed by atoms with Gasteiger partial charge in [-0.05, 0) is 55.9 Å². The number of carboxylic acid groups (broad SMARTS) is 1. The third kappa shape index (κ3) is 5.11. The van der Waals surface area contributed by atoms with E-state index < -0.39 is 18.2 Å². The van der Waals surface area contributed by atoms with E-state index in [-0.39, 0.29) is 18.3 Å². The zero-order chi connectivity index (χ0) is 15.9. The maximum Gasteiger partial charge on any atom is 0.303 e. The Balaban J connectivity index is 1.74. The van der Waals surface area contributed by atoms with Crippen LogP contribution in [0.4, 0.5) is 0 Å². The number of benzene rings is 1. The van der Waals surface area contributed by atoms with Crippen molar-refractivity contribution >= 4 is 5.97 Å². The van der Waals surface area contributed by atoms with Crippen molar-refractivity contribution in [2.75, 3.05) is 0 Å². The summed E-state index contributed by atoms with van der Waals surface area (Å²) in [6.07, 6.45) is 3.66. The van der Waals surface area contributed by atoms with Crippen molar-refractivity contribution in [3.8, 4) is 0 Å². The molecule has 1 aromatic rings. The smallest absolute Gasteiger partial charge is 0.303 e. The maximum absolute atomic E-state index is 10.9. The molecule has 2 rings (SSSR count). The van der Waals surface area contributed by atoms with E-state index in [1.807, 2.05) is 18.2 Å². The molecule has 4 atom stereocenters. The Bertz CT molecular complexity index is 459. The average molecular weight is 306 g/mol. The Morgan fingerprint density at radius 2 is 1.91 bits per heavy atom. The number of rotatable bonds is 8. The Morgan fingerprint density at radius 3 is 2.59 bits per heavy atom. The van der Waals surface area contributed by atoms with Crippen LogP contribution in [0.3, 0.4) is 0 Å². The van der Waals surface area contributed by atoms with E-state index in [4.69, 9.17) is 5.11 Å². The minimum absolute atomic E-state index is 0.0162. The minimum Gasteiger partial charge on any atom is -0.481 e. The standard InChI is InChI=1S/C18H26O4/c19-15(8-6-13-4-2-1-3-5-13)9-10-16-14(12-18(21)22)7-11-17(16)20/h1-5,14-17,19-20H,6-12H2,(H,21,22)/t14-,15+,16-,17-/m1/s1. The highest BCUT2D eigenvalue weighted by molar-refractivity contribution is 5.67. The second-order valence-corrected chi connectivity index (χ2v) is 6.42. The molecule has 4 nitrogen and oxygen atoms in total. The van der Waals surface area contributed by atoms with E-state index in [1.54, 1.807) is 0 Å². The molecule has 0 radical (unpaired) electrons. The van der Waals surface area contributed by atoms with E-state index in [0.29, 0.717) is 25.7 Å². The Labute approximate surface area is 131 Å². The number of carboxylic acids is 1. The van der Waals surface area contributed by atoms with Gasteiger partial charge in [0.25, 0.3) is 0 Å². The van der Waals surface area contributed by atoms with Gasteiger partial charge in [0.1, 0.15) is 0 Å². The van der Waals surface area contributed by atoms with Crippen LogP contribution in [0.1, 0.15) is 44.1 Å². The summed E-state index contributed by atoms with van der Waals surface area (Å²) in [5.41, 5.74) is 1.21. The van der Waals surface area contributed by atoms with Crippen molar-refractivity contribution in [2.24, 2.45) is 11.8 Å². The van der Waals surface area contributed by atoms with Gasteiger partial charge < -0.3 is 15.3 Å². The Kier molecular flexibility index (Phi) is 6.40. The average Bonchev–Trinajstić information content (AvgIpc) is 2.83. The van der Waals surface area contributed by atoms with Crippen molar-refractivity contribution in [3.63, 3.8) is 0 Å². The zero-order valence-electron chi connectivity index (χ0n) is 12.9. The lowest BCUT2D eigenvalue weighted by Gasteiger charge is -2.22. The van der Waals surface area contributed by atoms with Crippen LogP contribution in [0.5, 0.6) is 0 Å². The molecule has 0 aromatic heterocycles. The van der Waals surface area contributed by atoms with Gasteiger partial charge >= 0.3 is 5.97 Å². The van der Waals surface area contributed by atoms with Crippen LogP contribution < -0.4 is 0 Å². The summed E-state index contributed by atoms with van der Waals surface area (Å²) in [5, 5.41) is 29.1. The number of aliphatic hydroxyl groups is 2. The van der Waals surface area contributed by atoms with Gasteiger partial charge in [-0.2, -0.15) is 0 Å². The first-order chi connectivity index (χ1) is 10.6. The molecule has 0 aliphatic heterocycles. The molecule has 0 saturated heterocycles. The molecule has 1 aromatic carbocycles. The fourth-order valence-electron chi connectivity index (χ4n) is 3.54. The zero-order valence-corrected chi connectivity index (χ0v) is 12.9. The summed E-state index contributed by atoms with van der Waals surface area (Å²) in [5.74, 6) is -0.731. The van der Waals surface area contributed by atoms with Crippen LogP contribution in [-0.2, 0) is 11.2 Å². The molecule has 1 saturated carbocycles. The number of hydrogen-bond donors (Lipinski definition) is 3. The molecule has 0 amide bonds. The maximum atomic E-state index is 10.9. The molecule has 3 N–H and O–H groups in total. The molecule has 0 heterocycles. The van der Waals surface area contributed by atoms with Crippen LogP contribution in [0.2, 0.25) is 0 Å². The van der Waals surface area contributed by atoms with Gasteiger partial charge in [-0.15, -0.1) is 0 Å². The fraction of sp³-hybridized carbons (Fsp3) is 0.611. The number of aliphatic hydroxyl groups excluding tert-OH is 2. The topological polar surface area (TPSA) is 77.8 Å². The van der Waals surface area contributed by atoms with Gasteiger partial charge in [0.05, 0.1) is 12.2 Å². The number of carbonyl (C=O) groups is 1. The highest BCUT2D eigenvalue weighted by Crippen LogP contribution is 2.37. The van der Waals surface area contributed by atoms with Gasteiger partial charge in [0.15, 0.2) is 0 Å². The summed E-state index contributed by atoms with van der Waals surface area (Å²) >= 11 is 0. The molecule has 122 valence electrons. The molecular formula is C18H26O4. The molecule has 0 unspecified atom stereocenters. The fourth-order valence-corrected chi connectivity index (χ4v) is 3.54. The van der Waals surface area contributed by atoms with E-state index in [9.17, 15) is 15.0 Å². The monoisotopic (exact) mass is 306 g/mol. The van der Waals surface area contributed by atoms with E-state index >= 15 is 0 Å². The van der Waals surface area contributed by atoms with Gasteiger partial charge in [0.2, 0.25) is 0 Å². The first-order valence-corrected chi connectivity index (χ1v) is 8.18. The van der Waals surface area contributed by atoms with Gasteiger partial charge in [-0.3, -0.25) is 4.79 Å². The van der Waals surface area contributed by atoms with Crippen LogP contribution in [-0.4, -0.2) is 33.5 Å². The number of aryl methyl sites for hydroxylation is 1. The first kappa shape index (κ1) is 17.0. The molecule has 0 spiro atoms. The summed E-state index contributed by atoms with van der Waals surface area (Å²) in [7, 11) is 0. The normalized spacial score (nSPS) is 26.0. The lowest BCUT2D eigenvalue weighted by atomic mass is 9.86. The Morgan fingerprint density at radius 1 is 1.18 bits per heavy atom. The molecule has 1 aliphatic carbocycles. The quantitative estimate of drug-likeness (QED) is 0.690. The van der Waals surface area contributed by atoms with Gasteiger partial charge in [-0.1, -0.05) is 30.3 Å². The third-order valence-corrected chi connectivity index (χ3v) is 4.81. The summed E-state index contributed by atoms with van der Waals surface area (Å²) < 4.78 is 0. The van der Waals surface area contributed by atoms with Gasteiger partial charge in [0, 0.05) is 6.42 Å². The number of hydrogen-bond acceptors (Lipinski definition) is 3. The Hall–Kier alpha value is -1.39. The summed E-state index contributed by atoms with van der Waals surface area (Å²) in [4.78, 5) is 10.9. The van der Waals surface area contributed by atoms with Crippen molar-refractivity contribution in [2.45, 2.75) is 57.2 Å². The SMILES string of the molecule is O=C(O)C[C@H]1CC[C@@H](O)[C@@H]1CC[C@@H](O)CCc1ccccc1. The van der Waals surface area contributed by atoms with E-state index in [2.05, 4.69) is 12.1 Å². The minimum atomic E-state index is -0.797. The lowest BCUT2D eigenvalue weighted by Crippen LogP contribution is -2.23. The van der Waals surface area contributed by atoms with Crippen LogP contribution in [0.15, 0.2) is 30.3 Å². The van der Waals surface area contributed by atoms with E-state index in [0.717, 1.165) is 12.8 Å². The van der Waals surface area contributed by atoms with Gasteiger partial charge in [-0.25, -0.2) is 0 Å². The number of aliphatic carboxylic acids is 1.